The number of benzene rings is 1. The van der Waals surface area contributed by atoms with Crippen LogP contribution in [-0.2, 0) is 14.8 Å². The van der Waals surface area contributed by atoms with Gasteiger partial charge in [-0.05, 0) is 50.0 Å². The number of carboxylic acid groups (broad SMARTS) is 1. The van der Waals surface area contributed by atoms with Gasteiger partial charge in [-0.1, -0.05) is 30.3 Å². The molecule has 0 heterocycles. The van der Waals surface area contributed by atoms with Crippen LogP contribution in [0, 0.1) is 0 Å². The van der Waals surface area contributed by atoms with Gasteiger partial charge in [-0.25, -0.2) is 13.1 Å². The maximum absolute atomic E-state index is 12.5. The molecule has 2 fully saturated rings. The zero-order valence-electron chi connectivity index (χ0n) is 12.4. The first-order valence-electron chi connectivity index (χ1n) is 7.75. The molecule has 0 aliphatic heterocycles. The minimum Gasteiger partial charge on any atom is -0.480 e. The van der Waals surface area contributed by atoms with E-state index in [2.05, 4.69) is 16.9 Å². The normalized spacial score (nSPS) is 27.3. The maximum atomic E-state index is 12.5. The second-order valence-corrected chi connectivity index (χ2v) is 8.42. The molecular formula is C16H21NO4S. The fraction of sp³-hybridized carbons (Fsp3) is 0.562. The molecule has 2 N–H and O–H groups in total. The lowest BCUT2D eigenvalue weighted by Crippen LogP contribution is -2.58. The van der Waals surface area contributed by atoms with E-state index in [-0.39, 0.29) is 18.9 Å². The summed E-state index contributed by atoms with van der Waals surface area (Å²) in [6.07, 6.45) is 3.51. The number of carbonyl (C=O) groups is 1. The van der Waals surface area contributed by atoms with E-state index in [4.69, 9.17) is 0 Å². The molecule has 0 aromatic heterocycles. The van der Waals surface area contributed by atoms with Crippen molar-refractivity contribution in [1.29, 1.82) is 0 Å². The molecule has 0 spiro atoms. The van der Waals surface area contributed by atoms with E-state index < -0.39 is 20.7 Å². The highest BCUT2D eigenvalue weighted by molar-refractivity contribution is 7.91. The van der Waals surface area contributed by atoms with Crippen molar-refractivity contribution < 1.29 is 18.3 Å². The highest BCUT2D eigenvalue weighted by atomic mass is 32.2. The summed E-state index contributed by atoms with van der Waals surface area (Å²) in [5.41, 5.74) is 1.22. The Morgan fingerprint density at radius 1 is 1.18 bits per heavy atom. The standard InChI is InChI=1S/C16H21NO4S/c18-15(19)16(9-4-10-16)22(20,21)17-14-8-7-13(11-14)12-5-2-1-3-6-12/h1-3,5-6,13-14,17H,4,7-11H2,(H,18,19)/t13-,14+/m0/s1. The van der Waals surface area contributed by atoms with Crippen molar-refractivity contribution >= 4 is 16.0 Å². The Morgan fingerprint density at radius 3 is 2.41 bits per heavy atom. The third kappa shape index (κ3) is 2.54. The smallest absolute Gasteiger partial charge is 0.326 e. The summed E-state index contributed by atoms with van der Waals surface area (Å²) < 4.78 is 26.0. The number of carboxylic acids is 1. The average molecular weight is 323 g/mol. The molecule has 2 aliphatic rings. The van der Waals surface area contributed by atoms with Crippen molar-refractivity contribution in [2.75, 3.05) is 0 Å². The lowest BCUT2D eigenvalue weighted by atomic mass is 9.84. The molecule has 22 heavy (non-hydrogen) atoms. The van der Waals surface area contributed by atoms with E-state index in [0.717, 1.165) is 19.3 Å². The number of sulfonamides is 1. The van der Waals surface area contributed by atoms with Gasteiger partial charge in [-0.15, -0.1) is 0 Å². The minimum atomic E-state index is -3.82. The van der Waals surface area contributed by atoms with Crippen molar-refractivity contribution in [2.45, 2.75) is 55.2 Å². The van der Waals surface area contributed by atoms with Crippen molar-refractivity contribution in [3.63, 3.8) is 0 Å². The number of rotatable bonds is 5. The summed E-state index contributed by atoms with van der Waals surface area (Å²) in [4.78, 5) is 11.4. The summed E-state index contributed by atoms with van der Waals surface area (Å²) in [6, 6.07) is 9.90. The Labute approximate surface area is 130 Å². The van der Waals surface area contributed by atoms with Crippen LogP contribution in [0.3, 0.4) is 0 Å². The van der Waals surface area contributed by atoms with Crippen LogP contribution < -0.4 is 4.72 Å². The Morgan fingerprint density at radius 2 is 1.86 bits per heavy atom. The zero-order valence-corrected chi connectivity index (χ0v) is 13.2. The van der Waals surface area contributed by atoms with Gasteiger partial charge >= 0.3 is 5.97 Å². The van der Waals surface area contributed by atoms with E-state index >= 15 is 0 Å². The summed E-state index contributed by atoms with van der Waals surface area (Å²) in [5.74, 6) is -0.875. The average Bonchev–Trinajstić information content (AvgIpc) is 2.85. The minimum absolute atomic E-state index is 0.160. The molecule has 0 bridgehead atoms. The monoisotopic (exact) mass is 323 g/mol. The molecule has 3 rings (SSSR count). The van der Waals surface area contributed by atoms with Gasteiger partial charge in [0.05, 0.1) is 0 Å². The first-order valence-corrected chi connectivity index (χ1v) is 9.23. The molecule has 2 saturated carbocycles. The van der Waals surface area contributed by atoms with E-state index in [1.165, 1.54) is 5.56 Å². The number of nitrogens with one attached hydrogen (secondary N) is 1. The molecular weight excluding hydrogens is 302 g/mol. The molecule has 0 amide bonds. The third-order valence-electron chi connectivity index (χ3n) is 5.09. The predicted molar refractivity (Wildman–Crippen MR) is 83.1 cm³/mol. The van der Waals surface area contributed by atoms with Gasteiger partial charge in [0.25, 0.3) is 0 Å². The molecule has 6 heteroatoms. The largest absolute Gasteiger partial charge is 0.480 e. The van der Waals surface area contributed by atoms with Crippen LogP contribution in [-0.4, -0.2) is 30.3 Å². The van der Waals surface area contributed by atoms with Gasteiger partial charge in [0.15, 0.2) is 4.75 Å². The third-order valence-corrected chi connectivity index (χ3v) is 7.35. The van der Waals surface area contributed by atoms with Gasteiger partial charge in [0, 0.05) is 6.04 Å². The Balaban J connectivity index is 1.68. The van der Waals surface area contributed by atoms with E-state index in [1.807, 2.05) is 18.2 Å². The zero-order chi connectivity index (χ0) is 15.8. The van der Waals surface area contributed by atoms with Crippen molar-refractivity contribution in [3.05, 3.63) is 35.9 Å². The summed E-state index contributed by atoms with van der Waals surface area (Å²) in [6.45, 7) is 0. The number of aliphatic carboxylic acids is 1. The lowest BCUT2D eigenvalue weighted by molar-refractivity contribution is -0.142. The second-order valence-electron chi connectivity index (χ2n) is 6.39. The van der Waals surface area contributed by atoms with Crippen LogP contribution in [0.15, 0.2) is 30.3 Å². The Kier molecular flexibility index (Phi) is 3.99. The molecule has 0 unspecified atom stereocenters. The molecule has 120 valence electrons. The van der Waals surface area contributed by atoms with Crippen LogP contribution in [0.4, 0.5) is 0 Å². The van der Waals surface area contributed by atoms with E-state index in [1.54, 1.807) is 0 Å². The van der Waals surface area contributed by atoms with Crippen molar-refractivity contribution in [3.8, 4) is 0 Å². The lowest BCUT2D eigenvalue weighted by Gasteiger charge is -2.37. The second kappa shape index (κ2) is 5.66. The van der Waals surface area contributed by atoms with Crippen LogP contribution in [0.1, 0.15) is 50.0 Å². The SMILES string of the molecule is O=C(O)C1(S(=O)(=O)N[C@@H]2CC[C@H](c3ccccc3)C2)CCC1. The Bertz CT molecular complexity index is 652. The first kappa shape index (κ1) is 15.5. The Hall–Kier alpha value is -1.40. The molecule has 1 aromatic rings. The molecule has 0 radical (unpaired) electrons. The molecule has 5 nitrogen and oxygen atoms in total. The van der Waals surface area contributed by atoms with Gasteiger partial charge in [0.1, 0.15) is 0 Å². The molecule has 0 saturated heterocycles. The van der Waals surface area contributed by atoms with Gasteiger partial charge in [-0.3, -0.25) is 4.79 Å². The van der Waals surface area contributed by atoms with Gasteiger partial charge in [-0.2, -0.15) is 0 Å². The number of hydrogen-bond donors (Lipinski definition) is 2. The fourth-order valence-corrected chi connectivity index (χ4v) is 5.48. The van der Waals surface area contributed by atoms with Crippen LogP contribution in [0.5, 0.6) is 0 Å². The maximum Gasteiger partial charge on any atom is 0.326 e. The fourth-order valence-electron chi connectivity index (χ4n) is 3.54. The van der Waals surface area contributed by atoms with E-state index in [0.29, 0.717) is 12.3 Å². The predicted octanol–water partition coefficient (Wildman–Crippen LogP) is 2.25. The van der Waals surface area contributed by atoms with Crippen LogP contribution >= 0.6 is 0 Å². The topological polar surface area (TPSA) is 83.5 Å². The molecule has 1 aromatic carbocycles. The van der Waals surface area contributed by atoms with Crippen LogP contribution in [0.2, 0.25) is 0 Å². The van der Waals surface area contributed by atoms with Crippen molar-refractivity contribution in [2.24, 2.45) is 0 Å². The summed E-state index contributed by atoms with van der Waals surface area (Å²) in [5, 5.41) is 9.30. The molecule has 2 atom stereocenters. The van der Waals surface area contributed by atoms with Crippen molar-refractivity contribution in [1.82, 2.24) is 4.72 Å². The summed E-state index contributed by atoms with van der Waals surface area (Å²) >= 11 is 0. The highest BCUT2D eigenvalue weighted by Crippen LogP contribution is 2.41. The van der Waals surface area contributed by atoms with Crippen LogP contribution in [0.25, 0.3) is 0 Å². The van der Waals surface area contributed by atoms with E-state index in [9.17, 15) is 18.3 Å². The highest BCUT2D eigenvalue weighted by Gasteiger charge is 2.56. The quantitative estimate of drug-likeness (QED) is 0.870. The summed E-state index contributed by atoms with van der Waals surface area (Å²) in [7, 11) is -3.82. The molecule has 2 aliphatic carbocycles. The van der Waals surface area contributed by atoms with Gasteiger partial charge < -0.3 is 5.11 Å². The van der Waals surface area contributed by atoms with Gasteiger partial charge in [0.2, 0.25) is 10.0 Å². The number of hydrogen-bond acceptors (Lipinski definition) is 3. The first-order chi connectivity index (χ1) is 10.4.